The third-order valence-electron chi connectivity index (χ3n) is 2.43. The fraction of sp³-hybridized carbons (Fsp3) is 0. The van der Waals surface area contributed by atoms with E-state index in [-0.39, 0.29) is 11.3 Å². The van der Waals surface area contributed by atoms with Crippen molar-refractivity contribution in [1.82, 2.24) is 5.43 Å². The van der Waals surface area contributed by atoms with Crippen LogP contribution in [-0.2, 0) is 0 Å². The summed E-state index contributed by atoms with van der Waals surface area (Å²) in [5.74, 6) is -0.555. The molecular weight excluding hydrogens is 391 g/mol. The molecular formula is C14H10ClIN2O2. The summed E-state index contributed by atoms with van der Waals surface area (Å²) < 4.78 is 0.851. The van der Waals surface area contributed by atoms with E-state index in [1.807, 2.05) is 6.07 Å². The van der Waals surface area contributed by atoms with E-state index in [1.165, 1.54) is 12.3 Å². The van der Waals surface area contributed by atoms with E-state index >= 15 is 0 Å². The second kappa shape index (κ2) is 6.71. The van der Waals surface area contributed by atoms with Crippen LogP contribution >= 0.6 is 34.2 Å². The van der Waals surface area contributed by atoms with E-state index in [2.05, 4.69) is 33.1 Å². The van der Waals surface area contributed by atoms with Crippen LogP contribution in [0, 0.1) is 3.57 Å². The highest BCUT2D eigenvalue weighted by Gasteiger charge is 2.10. The lowest BCUT2D eigenvalue weighted by atomic mass is 10.2. The minimum atomic E-state index is -0.473. The fourth-order valence-corrected chi connectivity index (χ4v) is 2.19. The van der Waals surface area contributed by atoms with E-state index in [1.54, 1.807) is 30.3 Å². The highest BCUT2D eigenvalue weighted by Crippen LogP contribution is 2.19. The Hall–Kier alpha value is -1.60. The molecule has 0 spiro atoms. The van der Waals surface area contributed by atoms with Crippen molar-refractivity contribution in [3.63, 3.8) is 0 Å². The quantitative estimate of drug-likeness (QED) is 0.471. The number of nitrogens with one attached hydrogen (secondary N) is 1. The van der Waals surface area contributed by atoms with E-state index < -0.39 is 5.91 Å². The van der Waals surface area contributed by atoms with Crippen molar-refractivity contribution >= 4 is 46.3 Å². The molecule has 0 aliphatic carbocycles. The lowest BCUT2D eigenvalue weighted by Gasteiger charge is -2.03. The molecule has 0 aromatic heterocycles. The summed E-state index contributed by atoms with van der Waals surface area (Å²) in [6.07, 6.45) is 1.48. The molecule has 0 radical (unpaired) electrons. The fourth-order valence-electron chi connectivity index (χ4n) is 1.50. The molecule has 0 heterocycles. The zero-order chi connectivity index (χ0) is 14.5. The molecule has 0 fully saturated rings. The molecule has 20 heavy (non-hydrogen) atoms. The largest absolute Gasteiger partial charge is 0.507 e. The van der Waals surface area contributed by atoms with Gasteiger partial charge in [0.15, 0.2) is 0 Å². The molecule has 0 saturated carbocycles. The molecule has 2 rings (SSSR count). The summed E-state index contributed by atoms with van der Waals surface area (Å²) >= 11 is 7.90. The first-order valence-corrected chi connectivity index (χ1v) is 7.09. The monoisotopic (exact) mass is 400 g/mol. The van der Waals surface area contributed by atoms with Crippen LogP contribution in [0.1, 0.15) is 15.9 Å². The molecule has 2 aromatic carbocycles. The SMILES string of the molecule is O=C(N/N=C\c1cccc(Cl)c1)c1cc(I)ccc1O. The first-order valence-electron chi connectivity index (χ1n) is 5.64. The number of phenols is 1. The van der Waals surface area contributed by atoms with Crippen LogP contribution in [-0.4, -0.2) is 17.2 Å². The standard InChI is InChI=1S/C14H10ClIN2O2/c15-10-3-1-2-9(6-10)8-17-18-14(20)12-7-11(16)4-5-13(12)19/h1-8,19H,(H,18,20)/b17-8-. The Kier molecular flexibility index (Phi) is 4.97. The topological polar surface area (TPSA) is 61.7 Å². The number of carbonyl (C=O) groups excluding carboxylic acids is 1. The average Bonchev–Trinajstić information content (AvgIpc) is 2.41. The number of hydrogen-bond acceptors (Lipinski definition) is 3. The van der Waals surface area contributed by atoms with Crippen molar-refractivity contribution in [2.75, 3.05) is 0 Å². The number of halogens is 2. The maximum atomic E-state index is 11.9. The van der Waals surface area contributed by atoms with E-state index in [9.17, 15) is 9.90 Å². The van der Waals surface area contributed by atoms with Gasteiger partial charge < -0.3 is 5.11 Å². The molecule has 6 heteroatoms. The number of nitrogens with zero attached hydrogens (tertiary/aromatic N) is 1. The average molecular weight is 401 g/mol. The number of phenolic OH excluding ortho intramolecular Hbond substituents is 1. The van der Waals surface area contributed by atoms with Gasteiger partial charge in [-0.25, -0.2) is 5.43 Å². The van der Waals surface area contributed by atoms with Gasteiger partial charge in [-0.1, -0.05) is 23.7 Å². The van der Waals surface area contributed by atoms with Crippen LogP contribution in [0.2, 0.25) is 5.02 Å². The van der Waals surface area contributed by atoms with Crippen LogP contribution in [0.15, 0.2) is 47.6 Å². The first kappa shape index (κ1) is 14.8. The van der Waals surface area contributed by atoms with Crippen molar-refractivity contribution < 1.29 is 9.90 Å². The molecule has 2 N–H and O–H groups in total. The molecule has 0 bridgehead atoms. The molecule has 2 aromatic rings. The van der Waals surface area contributed by atoms with Crippen molar-refractivity contribution in [3.05, 3.63) is 62.2 Å². The maximum Gasteiger partial charge on any atom is 0.275 e. The number of aromatic hydroxyl groups is 1. The normalized spacial score (nSPS) is 10.7. The second-order valence-corrected chi connectivity index (χ2v) is 5.60. The van der Waals surface area contributed by atoms with Gasteiger partial charge in [-0.05, 0) is 58.5 Å². The Morgan fingerprint density at radius 1 is 1.30 bits per heavy atom. The van der Waals surface area contributed by atoms with Crippen molar-refractivity contribution in [2.45, 2.75) is 0 Å². The zero-order valence-electron chi connectivity index (χ0n) is 10.2. The Morgan fingerprint density at radius 3 is 2.85 bits per heavy atom. The molecule has 0 unspecified atom stereocenters. The van der Waals surface area contributed by atoms with Gasteiger partial charge in [0.05, 0.1) is 11.8 Å². The number of hydrazone groups is 1. The first-order chi connectivity index (χ1) is 9.56. The molecule has 0 saturated heterocycles. The molecule has 4 nitrogen and oxygen atoms in total. The molecule has 0 aliphatic rings. The lowest BCUT2D eigenvalue weighted by Crippen LogP contribution is -2.17. The molecule has 1 amide bonds. The van der Waals surface area contributed by atoms with Crippen molar-refractivity contribution in [1.29, 1.82) is 0 Å². The van der Waals surface area contributed by atoms with Crippen LogP contribution in [0.4, 0.5) is 0 Å². The Balaban J connectivity index is 2.07. The highest BCUT2D eigenvalue weighted by atomic mass is 127. The Bertz CT molecular complexity index is 674. The number of benzene rings is 2. The van der Waals surface area contributed by atoms with Gasteiger partial charge in [0, 0.05) is 8.59 Å². The van der Waals surface area contributed by atoms with Crippen LogP contribution in [0.25, 0.3) is 0 Å². The molecule has 0 atom stereocenters. The highest BCUT2D eigenvalue weighted by molar-refractivity contribution is 14.1. The summed E-state index contributed by atoms with van der Waals surface area (Å²) in [4.78, 5) is 11.9. The van der Waals surface area contributed by atoms with Gasteiger partial charge in [0.2, 0.25) is 0 Å². The third-order valence-corrected chi connectivity index (χ3v) is 3.34. The predicted octanol–water partition coefficient (Wildman–Crippen LogP) is 3.41. The summed E-state index contributed by atoms with van der Waals surface area (Å²) in [6, 6.07) is 11.8. The van der Waals surface area contributed by atoms with E-state index in [4.69, 9.17) is 11.6 Å². The minimum absolute atomic E-state index is 0.0825. The lowest BCUT2D eigenvalue weighted by molar-refractivity contribution is 0.0952. The maximum absolute atomic E-state index is 11.9. The predicted molar refractivity (Wildman–Crippen MR) is 87.3 cm³/mol. The Labute approximate surface area is 134 Å². The zero-order valence-corrected chi connectivity index (χ0v) is 13.1. The van der Waals surface area contributed by atoms with Gasteiger partial charge >= 0.3 is 0 Å². The number of carbonyl (C=O) groups is 1. The van der Waals surface area contributed by atoms with Gasteiger partial charge in [0.25, 0.3) is 5.91 Å². The van der Waals surface area contributed by atoms with Gasteiger partial charge in [0.1, 0.15) is 5.75 Å². The molecule has 0 aliphatic heterocycles. The van der Waals surface area contributed by atoms with E-state index in [0.29, 0.717) is 5.02 Å². The second-order valence-electron chi connectivity index (χ2n) is 3.92. The van der Waals surface area contributed by atoms with Crippen LogP contribution < -0.4 is 5.43 Å². The van der Waals surface area contributed by atoms with Crippen molar-refractivity contribution in [3.8, 4) is 5.75 Å². The summed E-state index contributed by atoms with van der Waals surface area (Å²) in [7, 11) is 0. The van der Waals surface area contributed by atoms with Crippen molar-refractivity contribution in [2.24, 2.45) is 5.10 Å². The van der Waals surface area contributed by atoms with Crippen LogP contribution in [0.5, 0.6) is 5.75 Å². The van der Waals surface area contributed by atoms with Gasteiger partial charge in [-0.3, -0.25) is 4.79 Å². The number of hydrogen-bond donors (Lipinski definition) is 2. The third kappa shape index (κ3) is 3.94. The van der Waals surface area contributed by atoms with Crippen LogP contribution in [0.3, 0.4) is 0 Å². The van der Waals surface area contributed by atoms with Gasteiger partial charge in [-0.15, -0.1) is 0 Å². The Morgan fingerprint density at radius 2 is 2.10 bits per heavy atom. The molecule has 102 valence electrons. The summed E-state index contributed by atoms with van der Waals surface area (Å²) in [5, 5.41) is 14.1. The minimum Gasteiger partial charge on any atom is -0.507 e. The summed E-state index contributed by atoms with van der Waals surface area (Å²) in [6.45, 7) is 0. The van der Waals surface area contributed by atoms with E-state index in [0.717, 1.165) is 9.13 Å². The smallest absolute Gasteiger partial charge is 0.275 e. The number of rotatable bonds is 3. The number of amides is 1. The summed E-state index contributed by atoms with van der Waals surface area (Å²) in [5.41, 5.74) is 3.31. The van der Waals surface area contributed by atoms with Gasteiger partial charge in [-0.2, -0.15) is 5.10 Å².